The van der Waals surface area contributed by atoms with Crippen molar-refractivity contribution in [3.05, 3.63) is 58.5 Å². The van der Waals surface area contributed by atoms with Crippen LogP contribution in [0.3, 0.4) is 0 Å². The van der Waals surface area contributed by atoms with E-state index >= 15 is 0 Å². The van der Waals surface area contributed by atoms with Crippen LogP contribution in [0.4, 0.5) is 0 Å². The summed E-state index contributed by atoms with van der Waals surface area (Å²) >= 11 is 3.38. The Balaban J connectivity index is 1.67. The van der Waals surface area contributed by atoms with Crippen LogP contribution in [-0.2, 0) is 6.54 Å². The topological polar surface area (TPSA) is 33.5 Å². The van der Waals surface area contributed by atoms with Crippen molar-refractivity contribution in [3.63, 3.8) is 0 Å². The zero-order chi connectivity index (χ0) is 13.9. The molecule has 2 aromatic rings. The second-order valence-electron chi connectivity index (χ2n) is 5.15. The normalized spacial score (nSPS) is 14.7. The van der Waals surface area contributed by atoms with E-state index in [0.29, 0.717) is 19.1 Å². The summed E-state index contributed by atoms with van der Waals surface area (Å²) in [6.07, 6.45) is 4.03. The van der Waals surface area contributed by atoms with E-state index in [-0.39, 0.29) is 5.78 Å². The van der Waals surface area contributed by atoms with E-state index in [2.05, 4.69) is 20.8 Å². The summed E-state index contributed by atoms with van der Waals surface area (Å²) in [6.45, 7) is 1.16. The van der Waals surface area contributed by atoms with E-state index in [0.717, 1.165) is 15.8 Å². The van der Waals surface area contributed by atoms with Gasteiger partial charge in [-0.1, -0.05) is 28.1 Å². The van der Waals surface area contributed by atoms with Crippen LogP contribution in [0.2, 0.25) is 0 Å². The first-order valence-electron chi connectivity index (χ1n) is 6.77. The highest BCUT2D eigenvalue weighted by atomic mass is 79.9. The average molecular weight is 334 g/mol. The summed E-state index contributed by atoms with van der Waals surface area (Å²) in [4.78, 5) is 14.6. The molecule has 0 bridgehead atoms. The predicted octanol–water partition coefficient (Wildman–Crippen LogP) is 3.89. The summed E-state index contributed by atoms with van der Waals surface area (Å²) in [5, 5.41) is 0. The summed E-state index contributed by atoms with van der Waals surface area (Å²) in [6, 6.07) is 11.9. The third-order valence-corrected chi connectivity index (χ3v) is 4.04. The maximum atomic E-state index is 12.3. The number of ketones is 1. The monoisotopic (exact) mass is 333 g/mol. The van der Waals surface area contributed by atoms with Crippen molar-refractivity contribution in [1.82, 2.24) is 4.90 Å². The molecule has 0 radical (unpaired) electrons. The van der Waals surface area contributed by atoms with Crippen molar-refractivity contribution in [3.8, 4) is 0 Å². The van der Waals surface area contributed by atoms with Crippen LogP contribution in [0.25, 0.3) is 0 Å². The minimum atomic E-state index is 0.163. The summed E-state index contributed by atoms with van der Waals surface area (Å²) in [7, 11) is 0. The quantitative estimate of drug-likeness (QED) is 0.752. The van der Waals surface area contributed by atoms with Crippen LogP contribution in [0.15, 0.2) is 51.6 Å². The fourth-order valence-corrected chi connectivity index (χ4v) is 2.53. The molecule has 1 fully saturated rings. The highest BCUT2D eigenvalue weighted by Crippen LogP contribution is 2.28. The van der Waals surface area contributed by atoms with Crippen LogP contribution in [0, 0.1) is 0 Å². The smallest absolute Gasteiger partial charge is 0.176 e. The highest BCUT2D eigenvalue weighted by molar-refractivity contribution is 9.10. The standard InChI is InChI=1S/C16H16BrNO2/c17-13-5-3-12(4-6-13)16(19)11-18(14-7-8-14)10-15-2-1-9-20-15/h1-6,9,14H,7-8,10-11H2. The molecule has 0 amide bonds. The summed E-state index contributed by atoms with van der Waals surface area (Å²) in [5.41, 5.74) is 0.762. The molecule has 1 aromatic carbocycles. The number of hydrogen-bond donors (Lipinski definition) is 0. The molecule has 0 atom stereocenters. The molecule has 104 valence electrons. The first-order chi connectivity index (χ1) is 9.72. The number of rotatable bonds is 6. The van der Waals surface area contributed by atoms with E-state index < -0.39 is 0 Å². The fourth-order valence-electron chi connectivity index (χ4n) is 2.27. The number of furan rings is 1. The van der Waals surface area contributed by atoms with E-state index in [1.807, 2.05) is 36.4 Å². The molecular formula is C16H16BrNO2. The van der Waals surface area contributed by atoms with E-state index in [4.69, 9.17) is 4.42 Å². The molecule has 0 aliphatic heterocycles. The van der Waals surface area contributed by atoms with Crippen LogP contribution in [-0.4, -0.2) is 23.3 Å². The Hall–Kier alpha value is -1.39. The molecule has 1 aliphatic rings. The molecule has 1 heterocycles. The molecule has 0 N–H and O–H groups in total. The lowest BCUT2D eigenvalue weighted by Crippen LogP contribution is -2.31. The molecule has 4 heteroatoms. The molecule has 3 rings (SSSR count). The largest absolute Gasteiger partial charge is 0.468 e. The molecule has 0 spiro atoms. The predicted molar refractivity (Wildman–Crippen MR) is 80.6 cm³/mol. The molecule has 1 saturated carbocycles. The van der Waals surface area contributed by atoms with Gasteiger partial charge in [-0.25, -0.2) is 0 Å². The van der Waals surface area contributed by atoms with Gasteiger partial charge in [-0.3, -0.25) is 9.69 Å². The Bertz CT molecular complexity index is 573. The van der Waals surface area contributed by atoms with Crippen LogP contribution in [0.1, 0.15) is 29.0 Å². The summed E-state index contributed by atoms with van der Waals surface area (Å²) in [5.74, 6) is 1.08. The van der Waals surface area contributed by atoms with E-state index in [9.17, 15) is 4.79 Å². The molecule has 1 aromatic heterocycles. The van der Waals surface area contributed by atoms with Crippen molar-refractivity contribution in [2.24, 2.45) is 0 Å². The first kappa shape index (κ1) is 13.6. The maximum absolute atomic E-state index is 12.3. The lowest BCUT2D eigenvalue weighted by molar-refractivity contribution is 0.0913. The van der Waals surface area contributed by atoms with Gasteiger partial charge >= 0.3 is 0 Å². The SMILES string of the molecule is O=C(CN(Cc1ccco1)C1CC1)c1ccc(Br)cc1. The van der Waals surface area contributed by atoms with Crippen molar-refractivity contribution in [2.45, 2.75) is 25.4 Å². The number of hydrogen-bond acceptors (Lipinski definition) is 3. The molecule has 3 nitrogen and oxygen atoms in total. The first-order valence-corrected chi connectivity index (χ1v) is 7.57. The van der Waals surface area contributed by atoms with Gasteiger partial charge in [-0.2, -0.15) is 0 Å². The van der Waals surface area contributed by atoms with Gasteiger partial charge in [0.15, 0.2) is 5.78 Å². The van der Waals surface area contributed by atoms with Gasteiger partial charge in [0.1, 0.15) is 5.76 Å². The van der Waals surface area contributed by atoms with Crippen LogP contribution >= 0.6 is 15.9 Å². The Morgan fingerprint density at radius 2 is 2.00 bits per heavy atom. The zero-order valence-corrected chi connectivity index (χ0v) is 12.7. The van der Waals surface area contributed by atoms with Gasteiger partial charge < -0.3 is 4.42 Å². The van der Waals surface area contributed by atoms with Crippen molar-refractivity contribution >= 4 is 21.7 Å². The van der Waals surface area contributed by atoms with E-state index in [1.54, 1.807) is 6.26 Å². The van der Waals surface area contributed by atoms with Crippen LogP contribution in [0.5, 0.6) is 0 Å². The van der Waals surface area contributed by atoms with Crippen LogP contribution < -0.4 is 0 Å². The Kier molecular flexibility index (Phi) is 4.03. The lowest BCUT2D eigenvalue weighted by atomic mass is 10.1. The van der Waals surface area contributed by atoms with Gasteiger partial charge in [0, 0.05) is 16.1 Å². The minimum Gasteiger partial charge on any atom is -0.468 e. The summed E-state index contributed by atoms with van der Waals surface area (Å²) < 4.78 is 6.38. The Labute approximate surface area is 126 Å². The minimum absolute atomic E-state index is 0.163. The second-order valence-corrected chi connectivity index (χ2v) is 6.06. The van der Waals surface area contributed by atoms with Crippen molar-refractivity contribution in [1.29, 1.82) is 0 Å². The number of carbonyl (C=O) groups is 1. The Morgan fingerprint density at radius 3 is 2.60 bits per heavy atom. The maximum Gasteiger partial charge on any atom is 0.176 e. The fraction of sp³-hybridized carbons (Fsp3) is 0.312. The third-order valence-electron chi connectivity index (χ3n) is 3.52. The Morgan fingerprint density at radius 1 is 1.25 bits per heavy atom. The second kappa shape index (κ2) is 5.94. The van der Waals surface area contributed by atoms with Gasteiger partial charge in [-0.15, -0.1) is 0 Å². The molecule has 0 unspecified atom stereocenters. The van der Waals surface area contributed by atoms with Crippen molar-refractivity contribution < 1.29 is 9.21 Å². The average Bonchev–Trinajstić information content (AvgIpc) is 3.17. The lowest BCUT2D eigenvalue weighted by Gasteiger charge is -2.19. The number of nitrogens with zero attached hydrogens (tertiary/aromatic N) is 1. The van der Waals surface area contributed by atoms with Gasteiger partial charge in [0.05, 0.1) is 19.4 Å². The number of carbonyl (C=O) groups excluding carboxylic acids is 1. The number of benzene rings is 1. The molecular weight excluding hydrogens is 318 g/mol. The molecule has 1 aliphatic carbocycles. The van der Waals surface area contributed by atoms with Gasteiger partial charge in [0.2, 0.25) is 0 Å². The number of halogens is 1. The third kappa shape index (κ3) is 3.38. The van der Waals surface area contributed by atoms with Crippen molar-refractivity contribution in [2.75, 3.05) is 6.54 Å². The molecule has 20 heavy (non-hydrogen) atoms. The van der Waals surface area contributed by atoms with Gasteiger partial charge in [0.25, 0.3) is 0 Å². The highest BCUT2D eigenvalue weighted by Gasteiger charge is 2.30. The number of Topliss-reactive ketones (excluding diaryl/α,β-unsaturated/α-hetero) is 1. The molecule has 0 saturated heterocycles. The van der Waals surface area contributed by atoms with Gasteiger partial charge in [-0.05, 0) is 37.1 Å². The van der Waals surface area contributed by atoms with E-state index in [1.165, 1.54) is 12.8 Å². The zero-order valence-electron chi connectivity index (χ0n) is 11.1.